The molecule has 1 aliphatic heterocycles. The van der Waals surface area contributed by atoms with Crippen LogP contribution in [-0.2, 0) is 4.74 Å². The predicted molar refractivity (Wildman–Crippen MR) is 129 cm³/mol. The lowest BCUT2D eigenvalue weighted by Gasteiger charge is -2.73. The molecular formula is C30H50O. The Labute approximate surface area is 192 Å². The summed E-state index contributed by atoms with van der Waals surface area (Å²) in [7, 11) is 0. The van der Waals surface area contributed by atoms with E-state index in [2.05, 4.69) is 48.5 Å². The Morgan fingerprint density at radius 3 is 2.00 bits per heavy atom. The first-order chi connectivity index (χ1) is 14.4. The Balaban J connectivity index is 1.39. The minimum Gasteiger partial charge on any atom is -0.375 e. The standard InChI is InChI=1S/C30H50O/c1-25(2)14-8-15-27(5)22(25)13-17-28(6)23(27)9-10-24-29(28,7)16-11-21-20-12-18-30(21,24)19-31-26(20,3)4/h20-24H,8-19H2,1-7H3. The summed E-state index contributed by atoms with van der Waals surface area (Å²) in [5, 5.41) is 0. The zero-order valence-electron chi connectivity index (χ0n) is 21.8. The highest BCUT2D eigenvalue weighted by molar-refractivity contribution is 5.21. The van der Waals surface area contributed by atoms with Crippen LogP contribution in [0.5, 0.6) is 0 Å². The Kier molecular flexibility index (Phi) is 4.26. The van der Waals surface area contributed by atoms with Gasteiger partial charge in [-0.15, -0.1) is 0 Å². The molecule has 2 bridgehead atoms. The molecule has 9 atom stereocenters. The Bertz CT molecular complexity index is 766. The van der Waals surface area contributed by atoms with Crippen molar-refractivity contribution >= 4 is 0 Å². The van der Waals surface area contributed by atoms with Crippen molar-refractivity contribution in [1.29, 1.82) is 0 Å². The molecule has 6 rings (SSSR count). The first kappa shape index (κ1) is 21.5. The molecule has 9 unspecified atom stereocenters. The van der Waals surface area contributed by atoms with E-state index in [0.717, 1.165) is 36.2 Å². The topological polar surface area (TPSA) is 9.23 Å². The summed E-state index contributed by atoms with van der Waals surface area (Å²) in [6, 6.07) is 0. The molecule has 0 N–H and O–H groups in total. The first-order valence-electron chi connectivity index (χ1n) is 14.0. The van der Waals surface area contributed by atoms with Gasteiger partial charge in [0.2, 0.25) is 0 Å². The summed E-state index contributed by atoms with van der Waals surface area (Å²) in [6.07, 6.45) is 16.2. The number of hydrogen-bond acceptors (Lipinski definition) is 1. The van der Waals surface area contributed by atoms with Crippen molar-refractivity contribution in [3.8, 4) is 0 Å². The molecule has 1 nitrogen and oxygen atoms in total. The summed E-state index contributed by atoms with van der Waals surface area (Å²) in [4.78, 5) is 0. The largest absolute Gasteiger partial charge is 0.375 e. The third-order valence-electron chi connectivity index (χ3n) is 14.0. The van der Waals surface area contributed by atoms with Crippen molar-refractivity contribution in [1.82, 2.24) is 0 Å². The molecule has 6 aliphatic rings. The quantitative estimate of drug-likeness (QED) is 0.379. The van der Waals surface area contributed by atoms with Crippen LogP contribution in [-0.4, -0.2) is 12.2 Å². The second-order valence-electron chi connectivity index (χ2n) is 15.4. The van der Waals surface area contributed by atoms with Crippen molar-refractivity contribution in [3.05, 3.63) is 0 Å². The molecule has 6 fully saturated rings. The van der Waals surface area contributed by atoms with Crippen LogP contribution in [0.25, 0.3) is 0 Å². The molecule has 31 heavy (non-hydrogen) atoms. The smallest absolute Gasteiger partial charge is 0.0657 e. The molecular weight excluding hydrogens is 376 g/mol. The van der Waals surface area contributed by atoms with Crippen molar-refractivity contribution in [2.75, 3.05) is 6.61 Å². The second-order valence-corrected chi connectivity index (χ2v) is 15.4. The summed E-state index contributed by atoms with van der Waals surface area (Å²) < 4.78 is 6.71. The maximum atomic E-state index is 6.71. The predicted octanol–water partition coefficient (Wildman–Crippen LogP) is 8.27. The van der Waals surface area contributed by atoms with Crippen molar-refractivity contribution in [2.45, 2.75) is 125 Å². The van der Waals surface area contributed by atoms with Gasteiger partial charge in [0, 0.05) is 5.41 Å². The Hall–Kier alpha value is -0.0400. The normalized spacial score (nSPS) is 59.1. The summed E-state index contributed by atoms with van der Waals surface area (Å²) >= 11 is 0. The second kappa shape index (κ2) is 6.14. The van der Waals surface area contributed by atoms with Crippen LogP contribution in [0, 0.1) is 56.7 Å². The van der Waals surface area contributed by atoms with Gasteiger partial charge in [-0.2, -0.15) is 0 Å². The van der Waals surface area contributed by atoms with Crippen molar-refractivity contribution in [2.24, 2.45) is 56.7 Å². The van der Waals surface area contributed by atoms with Gasteiger partial charge in [-0.25, -0.2) is 0 Å². The first-order valence-corrected chi connectivity index (χ1v) is 14.0. The maximum absolute atomic E-state index is 6.71. The minimum atomic E-state index is 0.110. The zero-order valence-corrected chi connectivity index (χ0v) is 21.8. The van der Waals surface area contributed by atoms with Gasteiger partial charge in [-0.1, -0.05) is 41.0 Å². The SMILES string of the molecule is CC1(C)CCCC2(C)C1CCC1(C)C2CCC2C34CCC(C3CCC21C)C(C)(C)OC4. The van der Waals surface area contributed by atoms with E-state index in [1.807, 2.05) is 0 Å². The van der Waals surface area contributed by atoms with E-state index in [4.69, 9.17) is 4.74 Å². The molecule has 1 saturated heterocycles. The molecule has 1 heterocycles. The number of ether oxygens (including phenoxy) is 1. The van der Waals surface area contributed by atoms with Crippen LogP contribution in [0.15, 0.2) is 0 Å². The number of hydrogen-bond donors (Lipinski definition) is 0. The highest BCUT2D eigenvalue weighted by atomic mass is 16.5. The Morgan fingerprint density at radius 1 is 0.581 bits per heavy atom. The van der Waals surface area contributed by atoms with Gasteiger partial charge in [0.1, 0.15) is 0 Å². The summed E-state index contributed by atoms with van der Waals surface area (Å²) in [5.74, 6) is 4.53. The molecule has 5 saturated carbocycles. The van der Waals surface area contributed by atoms with E-state index in [9.17, 15) is 0 Å². The lowest BCUT2D eigenvalue weighted by molar-refractivity contribution is -0.272. The maximum Gasteiger partial charge on any atom is 0.0657 e. The molecule has 176 valence electrons. The summed E-state index contributed by atoms with van der Waals surface area (Å²) in [6.45, 7) is 19.4. The van der Waals surface area contributed by atoms with Gasteiger partial charge in [0.25, 0.3) is 0 Å². The molecule has 0 aromatic rings. The third kappa shape index (κ3) is 2.39. The fourth-order valence-electron chi connectivity index (χ4n) is 12.5. The van der Waals surface area contributed by atoms with Crippen molar-refractivity contribution in [3.63, 3.8) is 0 Å². The highest BCUT2D eigenvalue weighted by Gasteiger charge is 2.72. The lowest BCUT2D eigenvalue weighted by atomic mass is 9.31. The lowest BCUT2D eigenvalue weighted by Crippen LogP contribution is -2.68. The van der Waals surface area contributed by atoms with Crippen LogP contribution in [0.1, 0.15) is 119 Å². The molecule has 0 amide bonds. The Morgan fingerprint density at radius 2 is 1.23 bits per heavy atom. The van der Waals surface area contributed by atoms with E-state index in [1.165, 1.54) is 70.6 Å². The van der Waals surface area contributed by atoms with Crippen molar-refractivity contribution < 1.29 is 4.74 Å². The van der Waals surface area contributed by atoms with Gasteiger partial charge >= 0.3 is 0 Å². The number of fused-ring (bicyclic) bond motifs is 5. The number of rotatable bonds is 0. The van der Waals surface area contributed by atoms with Crippen LogP contribution >= 0.6 is 0 Å². The average Bonchev–Trinajstić information content (AvgIpc) is 3.00. The molecule has 0 radical (unpaired) electrons. The van der Waals surface area contributed by atoms with Gasteiger partial charge in [0.15, 0.2) is 0 Å². The van der Waals surface area contributed by atoms with Gasteiger partial charge in [-0.05, 0) is 129 Å². The van der Waals surface area contributed by atoms with E-state index in [0.29, 0.717) is 27.1 Å². The molecule has 0 aromatic heterocycles. The van der Waals surface area contributed by atoms with Crippen LogP contribution in [0.2, 0.25) is 0 Å². The van der Waals surface area contributed by atoms with E-state index in [-0.39, 0.29) is 5.60 Å². The van der Waals surface area contributed by atoms with Crippen LogP contribution in [0.4, 0.5) is 0 Å². The average molecular weight is 427 g/mol. The van der Waals surface area contributed by atoms with E-state index in [1.54, 1.807) is 0 Å². The molecule has 1 heteroatoms. The summed E-state index contributed by atoms with van der Waals surface area (Å²) in [5.41, 5.74) is 2.77. The van der Waals surface area contributed by atoms with E-state index >= 15 is 0 Å². The van der Waals surface area contributed by atoms with Crippen LogP contribution < -0.4 is 0 Å². The van der Waals surface area contributed by atoms with E-state index < -0.39 is 0 Å². The fraction of sp³-hybridized carbons (Fsp3) is 1.00. The molecule has 0 spiro atoms. The molecule has 0 aromatic carbocycles. The monoisotopic (exact) mass is 426 g/mol. The molecule has 5 aliphatic carbocycles. The van der Waals surface area contributed by atoms with Gasteiger partial charge in [-0.3, -0.25) is 0 Å². The highest BCUT2D eigenvalue weighted by Crippen LogP contribution is 2.78. The van der Waals surface area contributed by atoms with Crippen LogP contribution in [0.3, 0.4) is 0 Å². The third-order valence-corrected chi connectivity index (χ3v) is 14.0. The minimum absolute atomic E-state index is 0.110. The van der Waals surface area contributed by atoms with Gasteiger partial charge < -0.3 is 4.74 Å². The fourth-order valence-corrected chi connectivity index (χ4v) is 12.5. The zero-order chi connectivity index (χ0) is 22.1. The van der Waals surface area contributed by atoms with Gasteiger partial charge in [0.05, 0.1) is 12.2 Å².